The van der Waals surface area contributed by atoms with Crippen LogP contribution in [0.1, 0.15) is 24.8 Å². The zero-order valence-electron chi connectivity index (χ0n) is 10.6. The van der Waals surface area contributed by atoms with Gasteiger partial charge in [-0.3, -0.25) is 4.18 Å². The lowest BCUT2D eigenvalue weighted by molar-refractivity contribution is 0.0733. The van der Waals surface area contributed by atoms with Gasteiger partial charge in [0.05, 0.1) is 11.0 Å². The fourth-order valence-corrected chi connectivity index (χ4v) is 3.34. The van der Waals surface area contributed by atoms with Crippen LogP contribution >= 0.6 is 0 Å². The average Bonchev–Trinajstić information content (AvgIpc) is 2.77. The molecule has 0 aromatic heterocycles. The topological polar surface area (TPSA) is 43.4 Å². The van der Waals surface area contributed by atoms with E-state index >= 15 is 0 Å². The molecule has 1 aromatic carbocycles. The maximum Gasteiger partial charge on any atom is 0.297 e. The lowest BCUT2D eigenvalue weighted by Gasteiger charge is -2.12. The van der Waals surface area contributed by atoms with Crippen molar-refractivity contribution in [1.29, 1.82) is 0 Å². The Bertz CT molecular complexity index is 525. The van der Waals surface area contributed by atoms with Crippen molar-refractivity contribution in [2.75, 3.05) is 0 Å². The Kier molecular flexibility index (Phi) is 4.20. The molecule has 0 saturated heterocycles. The van der Waals surface area contributed by atoms with Gasteiger partial charge in [-0.2, -0.15) is 8.42 Å². The van der Waals surface area contributed by atoms with Crippen molar-refractivity contribution in [1.82, 2.24) is 0 Å². The van der Waals surface area contributed by atoms with E-state index < -0.39 is 28.6 Å². The van der Waals surface area contributed by atoms with Crippen molar-refractivity contribution in [3.8, 4) is 0 Å². The van der Waals surface area contributed by atoms with E-state index in [4.69, 9.17) is 4.18 Å². The number of hydrogen-bond acceptors (Lipinski definition) is 3. The lowest BCUT2D eigenvalue weighted by Crippen LogP contribution is -2.17. The Morgan fingerprint density at radius 1 is 1.21 bits per heavy atom. The molecule has 0 spiro atoms. The molecule has 2 rings (SSSR count). The molecule has 0 N–H and O–H groups in total. The van der Waals surface area contributed by atoms with Gasteiger partial charge in [-0.25, -0.2) is 8.78 Å². The SMILES string of the molecule is Cc1ccc(S(=O)(=O)O[C@H]2CC[C@@H](C(F)F)C2)cc1. The monoisotopic (exact) mass is 290 g/mol. The molecule has 6 heteroatoms. The molecular weight excluding hydrogens is 274 g/mol. The molecule has 0 radical (unpaired) electrons. The summed E-state index contributed by atoms with van der Waals surface area (Å²) in [4.78, 5) is 0.0681. The van der Waals surface area contributed by atoms with Crippen molar-refractivity contribution >= 4 is 10.1 Å². The number of hydrogen-bond donors (Lipinski definition) is 0. The van der Waals surface area contributed by atoms with Crippen LogP contribution in [0.5, 0.6) is 0 Å². The zero-order valence-corrected chi connectivity index (χ0v) is 11.4. The van der Waals surface area contributed by atoms with Crippen molar-refractivity contribution in [3.05, 3.63) is 29.8 Å². The quantitative estimate of drug-likeness (QED) is 0.800. The van der Waals surface area contributed by atoms with Crippen LogP contribution in [0.15, 0.2) is 29.2 Å². The molecule has 1 fully saturated rings. The summed E-state index contributed by atoms with van der Waals surface area (Å²) >= 11 is 0. The summed E-state index contributed by atoms with van der Waals surface area (Å²) in [6, 6.07) is 6.27. The minimum Gasteiger partial charge on any atom is -0.263 e. The Labute approximate surface area is 111 Å². The summed E-state index contributed by atoms with van der Waals surface area (Å²) in [5.41, 5.74) is 0.942. The van der Waals surface area contributed by atoms with E-state index in [9.17, 15) is 17.2 Å². The van der Waals surface area contributed by atoms with Crippen molar-refractivity contribution < 1.29 is 21.4 Å². The van der Waals surface area contributed by atoms with E-state index in [1.54, 1.807) is 12.1 Å². The van der Waals surface area contributed by atoms with Gasteiger partial charge in [0.2, 0.25) is 6.43 Å². The average molecular weight is 290 g/mol. The first-order valence-corrected chi connectivity index (χ1v) is 7.57. The molecule has 0 bridgehead atoms. The predicted octanol–water partition coefficient (Wildman–Crippen LogP) is 3.13. The van der Waals surface area contributed by atoms with E-state index in [0.717, 1.165) is 5.56 Å². The van der Waals surface area contributed by atoms with Crippen LogP contribution in [-0.4, -0.2) is 20.9 Å². The molecule has 2 atom stereocenters. The van der Waals surface area contributed by atoms with Crippen LogP contribution in [-0.2, 0) is 14.3 Å². The first-order chi connectivity index (χ1) is 8.88. The van der Waals surface area contributed by atoms with Crippen LogP contribution in [0.2, 0.25) is 0 Å². The van der Waals surface area contributed by atoms with Gasteiger partial charge in [-0.15, -0.1) is 0 Å². The maximum atomic E-state index is 12.5. The molecule has 1 aliphatic carbocycles. The predicted molar refractivity (Wildman–Crippen MR) is 66.6 cm³/mol. The van der Waals surface area contributed by atoms with E-state index in [-0.39, 0.29) is 11.3 Å². The Morgan fingerprint density at radius 3 is 2.37 bits per heavy atom. The fourth-order valence-electron chi connectivity index (χ4n) is 2.23. The first kappa shape index (κ1) is 14.4. The lowest BCUT2D eigenvalue weighted by atomic mass is 10.1. The molecular formula is C13H16F2O3S. The Morgan fingerprint density at radius 2 is 1.84 bits per heavy atom. The van der Waals surface area contributed by atoms with Gasteiger partial charge < -0.3 is 0 Å². The normalized spacial score (nSPS) is 24.0. The molecule has 106 valence electrons. The smallest absolute Gasteiger partial charge is 0.263 e. The summed E-state index contributed by atoms with van der Waals surface area (Å²) < 4.78 is 54.0. The molecule has 0 heterocycles. The molecule has 1 aliphatic rings. The van der Waals surface area contributed by atoms with Gasteiger partial charge in [0.1, 0.15) is 0 Å². The number of halogens is 2. The highest BCUT2D eigenvalue weighted by Gasteiger charge is 2.34. The number of alkyl halides is 2. The fraction of sp³-hybridized carbons (Fsp3) is 0.538. The summed E-state index contributed by atoms with van der Waals surface area (Å²) in [7, 11) is -3.85. The third-order valence-corrected chi connectivity index (χ3v) is 4.73. The Hall–Kier alpha value is -1.01. The highest BCUT2D eigenvalue weighted by atomic mass is 32.2. The van der Waals surface area contributed by atoms with Gasteiger partial charge >= 0.3 is 0 Å². The van der Waals surface area contributed by atoms with Gasteiger partial charge in [0, 0.05) is 5.92 Å². The van der Waals surface area contributed by atoms with E-state index in [2.05, 4.69) is 0 Å². The number of rotatable bonds is 4. The van der Waals surface area contributed by atoms with Crippen molar-refractivity contribution in [2.24, 2.45) is 5.92 Å². The van der Waals surface area contributed by atoms with Gasteiger partial charge in [-0.1, -0.05) is 17.7 Å². The summed E-state index contributed by atoms with van der Waals surface area (Å²) in [6.45, 7) is 1.85. The second-order valence-corrected chi connectivity index (χ2v) is 6.47. The van der Waals surface area contributed by atoms with Crippen molar-refractivity contribution in [2.45, 2.75) is 43.6 Å². The van der Waals surface area contributed by atoms with Crippen LogP contribution in [0.4, 0.5) is 8.78 Å². The third kappa shape index (κ3) is 3.51. The second-order valence-electron chi connectivity index (χ2n) is 4.89. The maximum absolute atomic E-state index is 12.5. The van der Waals surface area contributed by atoms with Crippen LogP contribution in [0, 0.1) is 12.8 Å². The summed E-state index contributed by atoms with van der Waals surface area (Å²) in [5.74, 6) is -0.752. The second kappa shape index (κ2) is 5.54. The highest BCUT2D eigenvalue weighted by molar-refractivity contribution is 7.86. The van der Waals surface area contributed by atoms with Gasteiger partial charge in [0.15, 0.2) is 0 Å². The van der Waals surface area contributed by atoms with Crippen LogP contribution in [0.25, 0.3) is 0 Å². The van der Waals surface area contributed by atoms with Gasteiger partial charge in [0.25, 0.3) is 10.1 Å². The molecule has 1 saturated carbocycles. The zero-order chi connectivity index (χ0) is 14.0. The molecule has 0 unspecified atom stereocenters. The largest absolute Gasteiger partial charge is 0.297 e. The molecule has 0 amide bonds. The third-order valence-electron chi connectivity index (χ3n) is 3.35. The standard InChI is InChI=1S/C13H16F2O3S/c1-9-2-6-12(7-3-9)19(16,17)18-11-5-4-10(8-11)13(14)15/h2-3,6-7,10-11,13H,4-5,8H2,1H3/t10-,11+/m1/s1. The van der Waals surface area contributed by atoms with Crippen LogP contribution < -0.4 is 0 Å². The highest BCUT2D eigenvalue weighted by Crippen LogP contribution is 2.34. The molecule has 19 heavy (non-hydrogen) atoms. The van der Waals surface area contributed by atoms with Crippen LogP contribution in [0.3, 0.4) is 0 Å². The van der Waals surface area contributed by atoms with E-state index in [1.165, 1.54) is 12.1 Å². The minimum atomic E-state index is -3.85. The molecule has 0 aliphatic heterocycles. The van der Waals surface area contributed by atoms with Gasteiger partial charge in [-0.05, 0) is 38.3 Å². The number of benzene rings is 1. The van der Waals surface area contributed by atoms with E-state index in [1.807, 2.05) is 6.92 Å². The summed E-state index contributed by atoms with van der Waals surface area (Å²) in [6.07, 6.45) is -2.27. The minimum absolute atomic E-state index is 0.0681. The number of aryl methyl sites for hydroxylation is 1. The molecule has 1 aromatic rings. The summed E-state index contributed by atoms with van der Waals surface area (Å²) in [5, 5.41) is 0. The first-order valence-electron chi connectivity index (χ1n) is 6.16. The Balaban J connectivity index is 2.04. The van der Waals surface area contributed by atoms with E-state index in [0.29, 0.717) is 12.8 Å². The molecule has 3 nitrogen and oxygen atoms in total. The van der Waals surface area contributed by atoms with Crippen molar-refractivity contribution in [3.63, 3.8) is 0 Å².